The van der Waals surface area contributed by atoms with Crippen molar-refractivity contribution in [1.82, 2.24) is 15.2 Å². The van der Waals surface area contributed by atoms with Gasteiger partial charge in [0.05, 0.1) is 5.56 Å². The molecule has 1 fully saturated rings. The molecule has 28 heavy (non-hydrogen) atoms. The molecule has 5 N–H and O–H groups in total. The average Bonchev–Trinajstić information content (AvgIpc) is 2.60. The topological polar surface area (TPSA) is 161 Å². The van der Waals surface area contributed by atoms with Gasteiger partial charge in [0.15, 0.2) is 0 Å². The molecule has 1 atom stereocenters. The van der Waals surface area contributed by atoms with E-state index in [0.717, 1.165) is 0 Å². The van der Waals surface area contributed by atoms with Crippen molar-refractivity contribution in [3.8, 4) is 0 Å². The van der Waals surface area contributed by atoms with E-state index in [-0.39, 0.29) is 30.2 Å². The fourth-order valence-electron chi connectivity index (χ4n) is 2.12. The SMILES string of the molecule is NCCNC(=O)c1ccc(=O)n(C2CCC(=O)NC2=O)c1.O=C(O)C(F)(F)F. The first-order valence-corrected chi connectivity index (χ1v) is 7.81. The zero-order valence-electron chi connectivity index (χ0n) is 14.3. The van der Waals surface area contributed by atoms with Crippen molar-refractivity contribution in [3.05, 3.63) is 34.2 Å². The Morgan fingerprint density at radius 1 is 1.29 bits per heavy atom. The van der Waals surface area contributed by atoms with Crippen LogP contribution in [0, 0.1) is 0 Å². The Bertz CT molecular complexity index is 821. The number of alkyl halides is 3. The number of carboxylic acids is 1. The van der Waals surface area contributed by atoms with E-state index < -0.39 is 29.7 Å². The van der Waals surface area contributed by atoms with E-state index in [1.165, 1.54) is 22.9 Å². The number of nitrogens with zero attached hydrogens (tertiary/aromatic N) is 1. The summed E-state index contributed by atoms with van der Waals surface area (Å²) in [5.41, 5.74) is 5.16. The quantitative estimate of drug-likeness (QED) is 0.474. The van der Waals surface area contributed by atoms with Gasteiger partial charge in [-0.15, -0.1) is 0 Å². The van der Waals surface area contributed by atoms with Gasteiger partial charge in [0.2, 0.25) is 11.8 Å². The zero-order chi connectivity index (χ0) is 21.5. The lowest BCUT2D eigenvalue weighted by Gasteiger charge is -2.23. The number of piperidine rings is 1. The number of nitrogens with one attached hydrogen (secondary N) is 2. The number of carboxylic acid groups (broad SMARTS) is 1. The van der Waals surface area contributed by atoms with Crippen molar-refractivity contribution in [2.45, 2.75) is 25.1 Å². The molecular formula is C15H17F3N4O6. The summed E-state index contributed by atoms with van der Waals surface area (Å²) in [6, 6.07) is 1.83. The third kappa shape index (κ3) is 6.50. The number of carbonyl (C=O) groups excluding carboxylic acids is 3. The molecular weight excluding hydrogens is 389 g/mol. The minimum absolute atomic E-state index is 0.159. The van der Waals surface area contributed by atoms with Gasteiger partial charge in [-0.05, 0) is 12.5 Å². The summed E-state index contributed by atoms with van der Waals surface area (Å²) in [6.07, 6.45) is -3.36. The van der Waals surface area contributed by atoms with E-state index in [1.807, 2.05) is 0 Å². The van der Waals surface area contributed by atoms with Gasteiger partial charge in [-0.2, -0.15) is 13.2 Å². The van der Waals surface area contributed by atoms with Crippen LogP contribution in [0.2, 0.25) is 0 Å². The summed E-state index contributed by atoms with van der Waals surface area (Å²) in [5, 5.41) is 11.9. The molecule has 154 valence electrons. The van der Waals surface area contributed by atoms with Gasteiger partial charge in [-0.25, -0.2) is 4.79 Å². The molecule has 1 aliphatic heterocycles. The van der Waals surface area contributed by atoms with Crippen molar-refractivity contribution < 1.29 is 37.5 Å². The van der Waals surface area contributed by atoms with E-state index in [0.29, 0.717) is 13.1 Å². The van der Waals surface area contributed by atoms with Crippen molar-refractivity contribution in [3.63, 3.8) is 0 Å². The van der Waals surface area contributed by atoms with Crippen molar-refractivity contribution in [1.29, 1.82) is 0 Å². The monoisotopic (exact) mass is 406 g/mol. The largest absolute Gasteiger partial charge is 0.490 e. The van der Waals surface area contributed by atoms with Gasteiger partial charge in [0, 0.05) is 31.8 Å². The second-order valence-corrected chi connectivity index (χ2v) is 5.48. The Morgan fingerprint density at radius 2 is 1.89 bits per heavy atom. The molecule has 1 unspecified atom stereocenters. The van der Waals surface area contributed by atoms with Crippen LogP contribution < -0.4 is 21.9 Å². The number of nitrogens with two attached hydrogens (primary N) is 1. The van der Waals surface area contributed by atoms with Gasteiger partial charge >= 0.3 is 12.1 Å². The molecule has 0 bridgehead atoms. The minimum Gasteiger partial charge on any atom is -0.475 e. The fourth-order valence-corrected chi connectivity index (χ4v) is 2.12. The number of rotatable bonds is 4. The van der Waals surface area contributed by atoms with Gasteiger partial charge in [-0.3, -0.25) is 24.5 Å². The van der Waals surface area contributed by atoms with E-state index in [2.05, 4.69) is 10.6 Å². The molecule has 3 amide bonds. The van der Waals surface area contributed by atoms with Gasteiger partial charge in [0.1, 0.15) is 6.04 Å². The molecule has 1 saturated heterocycles. The van der Waals surface area contributed by atoms with Crippen LogP contribution in [-0.4, -0.2) is 52.6 Å². The number of pyridine rings is 1. The maximum absolute atomic E-state index is 11.9. The van der Waals surface area contributed by atoms with E-state index in [1.54, 1.807) is 0 Å². The van der Waals surface area contributed by atoms with E-state index >= 15 is 0 Å². The summed E-state index contributed by atoms with van der Waals surface area (Å²) >= 11 is 0. The van der Waals surface area contributed by atoms with Crippen molar-refractivity contribution in [2.24, 2.45) is 5.73 Å². The Hall–Kier alpha value is -3.22. The first kappa shape index (κ1) is 22.8. The van der Waals surface area contributed by atoms with Crippen molar-refractivity contribution >= 4 is 23.7 Å². The van der Waals surface area contributed by atoms with Crippen LogP contribution in [0.15, 0.2) is 23.1 Å². The van der Waals surface area contributed by atoms with Crippen LogP contribution >= 0.6 is 0 Å². The standard InChI is InChI=1S/C13H16N4O4.C2HF3O2/c14-5-6-15-12(20)8-1-4-11(19)17(7-8)9-2-3-10(18)16-13(9)21;3-2(4,5)1(6)7/h1,4,7,9H,2-3,5-6,14H2,(H,15,20)(H,16,18,21);(H,6,7). The van der Waals surface area contributed by atoms with Crippen LogP contribution in [0.25, 0.3) is 0 Å². The molecule has 2 rings (SSSR count). The lowest BCUT2D eigenvalue weighted by Crippen LogP contribution is -2.44. The van der Waals surface area contributed by atoms with Crippen LogP contribution in [0.4, 0.5) is 13.2 Å². The number of hydrogen-bond acceptors (Lipinski definition) is 6. The maximum Gasteiger partial charge on any atom is 0.490 e. The molecule has 2 heterocycles. The van der Waals surface area contributed by atoms with Gasteiger partial charge in [0.25, 0.3) is 11.5 Å². The number of aromatic nitrogens is 1. The summed E-state index contributed by atoms with van der Waals surface area (Å²) in [7, 11) is 0. The second kappa shape index (κ2) is 9.64. The number of amides is 3. The molecule has 0 spiro atoms. The van der Waals surface area contributed by atoms with Crippen LogP contribution in [0.1, 0.15) is 29.2 Å². The van der Waals surface area contributed by atoms with Crippen molar-refractivity contribution in [2.75, 3.05) is 13.1 Å². The molecule has 0 saturated carbocycles. The molecule has 13 heteroatoms. The Labute approximate surface area is 155 Å². The molecule has 10 nitrogen and oxygen atoms in total. The predicted octanol–water partition coefficient (Wildman–Crippen LogP) is -0.852. The normalized spacial score (nSPS) is 16.5. The first-order valence-electron chi connectivity index (χ1n) is 7.81. The second-order valence-electron chi connectivity index (χ2n) is 5.48. The summed E-state index contributed by atoms with van der Waals surface area (Å²) in [6.45, 7) is 0.620. The summed E-state index contributed by atoms with van der Waals surface area (Å²) in [4.78, 5) is 55.6. The predicted molar refractivity (Wildman–Crippen MR) is 87.2 cm³/mol. The van der Waals surface area contributed by atoms with Crippen LogP contribution in [0.5, 0.6) is 0 Å². The molecule has 0 aliphatic carbocycles. The van der Waals surface area contributed by atoms with Crippen LogP contribution in [-0.2, 0) is 14.4 Å². The third-order valence-corrected chi connectivity index (χ3v) is 3.42. The minimum atomic E-state index is -5.08. The highest BCUT2D eigenvalue weighted by molar-refractivity contribution is 5.99. The number of hydrogen-bond donors (Lipinski definition) is 4. The highest BCUT2D eigenvalue weighted by atomic mass is 19.4. The zero-order valence-corrected chi connectivity index (χ0v) is 14.3. The number of imide groups is 1. The van der Waals surface area contributed by atoms with E-state index in [4.69, 9.17) is 15.6 Å². The smallest absolute Gasteiger partial charge is 0.475 e. The number of carbonyl (C=O) groups is 4. The average molecular weight is 406 g/mol. The molecule has 0 radical (unpaired) electrons. The third-order valence-electron chi connectivity index (χ3n) is 3.42. The first-order chi connectivity index (χ1) is 13.0. The fraction of sp³-hybridized carbons (Fsp3) is 0.400. The molecule has 1 aromatic heterocycles. The van der Waals surface area contributed by atoms with Gasteiger partial charge < -0.3 is 20.7 Å². The van der Waals surface area contributed by atoms with Crippen LogP contribution in [0.3, 0.4) is 0 Å². The number of halogens is 3. The Balaban J connectivity index is 0.000000480. The summed E-state index contributed by atoms with van der Waals surface area (Å²) in [5.74, 6) is -4.02. The molecule has 1 aliphatic rings. The number of aliphatic carboxylic acids is 1. The van der Waals surface area contributed by atoms with Gasteiger partial charge in [-0.1, -0.05) is 0 Å². The summed E-state index contributed by atoms with van der Waals surface area (Å²) < 4.78 is 32.9. The van der Waals surface area contributed by atoms with E-state index in [9.17, 15) is 32.3 Å². The molecule has 1 aromatic rings. The Kier molecular flexibility index (Phi) is 7.86. The highest BCUT2D eigenvalue weighted by Crippen LogP contribution is 2.17. The maximum atomic E-state index is 11.9. The highest BCUT2D eigenvalue weighted by Gasteiger charge is 2.38. The molecule has 0 aromatic carbocycles. The lowest BCUT2D eigenvalue weighted by molar-refractivity contribution is -0.192. The Morgan fingerprint density at radius 3 is 2.39 bits per heavy atom. The lowest BCUT2D eigenvalue weighted by atomic mass is 10.1.